The average molecular weight is 389 g/mol. The summed E-state index contributed by atoms with van der Waals surface area (Å²) in [4.78, 5) is 11.8. The van der Waals surface area contributed by atoms with Crippen LogP contribution >= 0.6 is 0 Å². The molecule has 0 bridgehead atoms. The summed E-state index contributed by atoms with van der Waals surface area (Å²) in [5.41, 5.74) is 1.21. The first-order valence-electron chi connectivity index (χ1n) is 11.8. The lowest BCUT2D eigenvalue weighted by Gasteiger charge is -2.07. The number of amides is 1. The fourth-order valence-electron chi connectivity index (χ4n) is 3.53. The Labute approximate surface area is 174 Å². The van der Waals surface area contributed by atoms with Crippen molar-refractivity contribution in [3.05, 3.63) is 35.9 Å². The third-order valence-corrected chi connectivity index (χ3v) is 5.31. The molecule has 3 heteroatoms. The van der Waals surface area contributed by atoms with Gasteiger partial charge >= 0.3 is 0 Å². The van der Waals surface area contributed by atoms with Gasteiger partial charge < -0.3 is 10.6 Å². The molecule has 0 aliphatic heterocycles. The van der Waals surface area contributed by atoms with E-state index in [-0.39, 0.29) is 5.91 Å². The van der Waals surface area contributed by atoms with E-state index in [1.807, 2.05) is 18.2 Å². The van der Waals surface area contributed by atoms with Gasteiger partial charge in [-0.1, -0.05) is 121 Å². The lowest BCUT2D eigenvalue weighted by molar-refractivity contribution is -0.120. The molecular formula is C25H44N2O. The van der Waals surface area contributed by atoms with Gasteiger partial charge in [-0.3, -0.25) is 4.79 Å². The van der Waals surface area contributed by atoms with Crippen molar-refractivity contribution in [1.29, 1.82) is 0 Å². The van der Waals surface area contributed by atoms with E-state index >= 15 is 0 Å². The van der Waals surface area contributed by atoms with E-state index in [4.69, 9.17) is 0 Å². The molecule has 0 aliphatic carbocycles. The molecule has 0 aliphatic rings. The SMILES string of the molecule is CCCCCCCCCCCCCCCCNC(=O)CNCc1ccccc1. The highest BCUT2D eigenvalue weighted by molar-refractivity contribution is 5.77. The van der Waals surface area contributed by atoms with Crippen LogP contribution in [0.3, 0.4) is 0 Å². The first-order chi connectivity index (χ1) is 13.8. The summed E-state index contributed by atoms with van der Waals surface area (Å²) in [7, 11) is 0. The van der Waals surface area contributed by atoms with Crippen molar-refractivity contribution in [1.82, 2.24) is 10.6 Å². The van der Waals surface area contributed by atoms with E-state index in [9.17, 15) is 4.79 Å². The number of hydrogen-bond acceptors (Lipinski definition) is 2. The number of rotatable bonds is 19. The average Bonchev–Trinajstić information content (AvgIpc) is 2.71. The number of unbranched alkanes of at least 4 members (excludes halogenated alkanes) is 13. The molecule has 1 amide bonds. The maximum absolute atomic E-state index is 11.8. The van der Waals surface area contributed by atoms with Gasteiger partial charge in [0.1, 0.15) is 0 Å². The molecule has 2 N–H and O–H groups in total. The lowest BCUT2D eigenvalue weighted by Crippen LogP contribution is -2.34. The van der Waals surface area contributed by atoms with Gasteiger partial charge in [-0.15, -0.1) is 0 Å². The maximum Gasteiger partial charge on any atom is 0.233 e. The van der Waals surface area contributed by atoms with Gasteiger partial charge in [-0.25, -0.2) is 0 Å². The molecule has 0 spiro atoms. The Bertz CT molecular complexity index is 461. The van der Waals surface area contributed by atoms with Crippen molar-refractivity contribution < 1.29 is 4.79 Å². The summed E-state index contributed by atoms with van der Waals surface area (Å²) in [6, 6.07) is 10.2. The van der Waals surface area contributed by atoms with Crippen LogP contribution in [0.5, 0.6) is 0 Å². The van der Waals surface area contributed by atoms with Crippen molar-refractivity contribution in [3.63, 3.8) is 0 Å². The Morgan fingerprint density at radius 1 is 0.714 bits per heavy atom. The number of nitrogens with one attached hydrogen (secondary N) is 2. The number of carbonyl (C=O) groups excluding carboxylic acids is 1. The molecule has 0 aromatic heterocycles. The number of benzene rings is 1. The largest absolute Gasteiger partial charge is 0.355 e. The minimum absolute atomic E-state index is 0.102. The maximum atomic E-state index is 11.8. The molecule has 0 unspecified atom stereocenters. The molecular weight excluding hydrogens is 344 g/mol. The fourth-order valence-corrected chi connectivity index (χ4v) is 3.53. The molecule has 0 fully saturated rings. The fraction of sp³-hybridized carbons (Fsp3) is 0.720. The minimum Gasteiger partial charge on any atom is -0.355 e. The zero-order valence-electron chi connectivity index (χ0n) is 18.3. The Kier molecular flexibility index (Phi) is 16.7. The lowest BCUT2D eigenvalue weighted by atomic mass is 10.0. The van der Waals surface area contributed by atoms with Crippen LogP contribution in [0.15, 0.2) is 30.3 Å². The quantitative estimate of drug-likeness (QED) is 0.270. The van der Waals surface area contributed by atoms with Gasteiger partial charge in [-0.05, 0) is 12.0 Å². The monoisotopic (exact) mass is 388 g/mol. The van der Waals surface area contributed by atoms with Crippen LogP contribution in [0, 0.1) is 0 Å². The van der Waals surface area contributed by atoms with E-state index in [1.54, 1.807) is 0 Å². The van der Waals surface area contributed by atoms with Crippen LogP contribution in [0.25, 0.3) is 0 Å². The highest BCUT2D eigenvalue weighted by Gasteiger charge is 2.00. The molecule has 0 heterocycles. The Morgan fingerprint density at radius 3 is 1.75 bits per heavy atom. The molecule has 160 valence electrons. The van der Waals surface area contributed by atoms with E-state index in [0.717, 1.165) is 19.5 Å². The summed E-state index contributed by atoms with van der Waals surface area (Å²) in [5, 5.41) is 6.20. The summed E-state index contributed by atoms with van der Waals surface area (Å²) < 4.78 is 0. The van der Waals surface area contributed by atoms with Gasteiger partial charge in [0.25, 0.3) is 0 Å². The van der Waals surface area contributed by atoms with E-state index in [0.29, 0.717) is 6.54 Å². The zero-order chi connectivity index (χ0) is 20.1. The smallest absolute Gasteiger partial charge is 0.233 e. The summed E-state index contributed by atoms with van der Waals surface area (Å²) in [5.74, 6) is 0.102. The predicted molar refractivity (Wildman–Crippen MR) is 121 cm³/mol. The van der Waals surface area contributed by atoms with Crippen LogP contribution in [0.1, 0.15) is 102 Å². The Balaban J connectivity index is 1.76. The normalized spacial score (nSPS) is 10.9. The number of hydrogen-bond donors (Lipinski definition) is 2. The van der Waals surface area contributed by atoms with Crippen LogP contribution in [0.2, 0.25) is 0 Å². The van der Waals surface area contributed by atoms with Crippen LogP contribution in [0.4, 0.5) is 0 Å². The molecule has 0 radical (unpaired) electrons. The van der Waals surface area contributed by atoms with E-state index in [2.05, 4.69) is 29.7 Å². The van der Waals surface area contributed by atoms with Crippen molar-refractivity contribution in [2.45, 2.75) is 103 Å². The first-order valence-corrected chi connectivity index (χ1v) is 11.8. The molecule has 0 saturated heterocycles. The van der Waals surface area contributed by atoms with Crippen LogP contribution in [-0.2, 0) is 11.3 Å². The highest BCUT2D eigenvalue weighted by atomic mass is 16.1. The third-order valence-electron chi connectivity index (χ3n) is 5.31. The molecule has 1 rings (SSSR count). The van der Waals surface area contributed by atoms with Crippen LogP contribution < -0.4 is 10.6 Å². The van der Waals surface area contributed by atoms with Gasteiger partial charge in [-0.2, -0.15) is 0 Å². The Morgan fingerprint density at radius 2 is 1.21 bits per heavy atom. The predicted octanol–water partition coefficient (Wildman–Crippen LogP) is 6.37. The first kappa shape index (κ1) is 24.7. The topological polar surface area (TPSA) is 41.1 Å². The number of carbonyl (C=O) groups is 1. The minimum atomic E-state index is 0.102. The standard InChI is InChI=1S/C25H44N2O/c1-2-3-4-5-6-7-8-9-10-11-12-13-14-18-21-27-25(28)23-26-22-24-19-16-15-17-20-24/h15-17,19-20,26H,2-14,18,21-23H2,1H3,(H,27,28). The second-order valence-corrected chi connectivity index (χ2v) is 8.04. The van der Waals surface area contributed by atoms with Crippen LogP contribution in [-0.4, -0.2) is 19.0 Å². The molecule has 28 heavy (non-hydrogen) atoms. The van der Waals surface area contributed by atoms with Gasteiger partial charge in [0.15, 0.2) is 0 Å². The van der Waals surface area contributed by atoms with Crippen molar-refractivity contribution in [2.24, 2.45) is 0 Å². The highest BCUT2D eigenvalue weighted by Crippen LogP contribution is 2.12. The second kappa shape index (κ2) is 19.0. The molecule has 1 aromatic rings. The van der Waals surface area contributed by atoms with Crippen molar-refractivity contribution in [3.8, 4) is 0 Å². The van der Waals surface area contributed by atoms with Gasteiger partial charge in [0.2, 0.25) is 5.91 Å². The molecule has 1 aromatic carbocycles. The zero-order valence-corrected chi connectivity index (χ0v) is 18.3. The molecule has 0 saturated carbocycles. The van der Waals surface area contributed by atoms with Crippen molar-refractivity contribution in [2.75, 3.05) is 13.1 Å². The van der Waals surface area contributed by atoms with Gasteiger partial charge in [0, 0.05) is 13.1 Å². The third kappa shape index (κ3) is 15.7. The van der Waals surface area contributed by atoms with E-state index in [1.165, 1.54) is 89.0 Å². The Hall–Kier alpha value is -1.35. The molecule has 0 atom stereocenters. The summed E-state index contributed by atoms with van der Waals surface area (Å²) in [6.07, 6.45) is 19.1. The second-order valence-electron chi connectivity index (χ2n) is 8.04. The summed E-state index contributed by atoms with van der Waals surface area (Å²) >= 11 is 0. The van der Waals surface area contributed by atoms with E-state index < -0.39 is 0 Å². The van der Waals surface area contributed by atoms with Crippen molar-refractivity contribution >= 4 is 5.91 Å². The molecule has 3 nitrogen and oxygen atoms in total. The van der Waals surface area contributed by atoms with Gasteiger partial charge in [0.05, 0.1) is 6.54 Å². The summed E-state index contributed by atoms with van der Waals surface area (Å²) in [6.45, 7) is 4.23.